The van der Waals surface area contributed by atoms with Crippen molar-refractivity contribution in [2.45, 2.75) is 20.8 Å². The van der Waals surface area contributed by atoms with Gasteiger partial charge in [0.25, 0.3) is 5.56 Å². The molecule has 7 heteroatoms. The SMILES string of the molecule is C=C(C)c1ccc(OC)c2nc(-c3c(C)nc4c(-c5ccccc5)c(C)[nH]n4c3=O)oc12. The average Bonchev–Trinajstić information content (AvgIpc) is 3.34. The molecular weight excluding hydrogens is 404 g/mol. The number of rotatable bonds is 4. The van der Waals surface area contributed by atoms with Crippen LogP contribution in [0.5, 0.6) is 5.75 Å². The lowest BCUT2D eigenvalue weighted by Crippen LogP contribution is -2.19. The predicted octanol–water partition coefficient (Wildman–Crippen LogP) is 5.16. The number of allylic oxidation sites excluding steroid dienone is 1. The molecule has 2 aromatic carbocycles. The van der Waals surface area contributed by atoms with E-state index in [0.717, 1.165) is 28.0 Å². The normalized spacial score (nSPS) is 11.4. The standard InChI is InChI=1S/C25H22N4O3/c1-13(2)17-11-12-18(31-5)21-22(17)32-24(27-21)20-14(3)26-23-19(16-9-7-6-8-10-16)15(4)28-29(23)25(20)30/h6-12,28H,1H2,2-5H3. The van der Waals surface area contributed by atoms with E-state index in [0.29, 0.717) is 33.8 Å². The topological polar surface area (TPSA) is 85.4 Å². The number of aromatic nitrogens is 4. The number of ether oxygens (including phenoxy) is 1. The van der Waals surface area contributed by atoms with E-state index in [2.05, 4.69) is 16.7 Å². The first kappa shape index (κ1) is 19.8. The zero-order valence-corrected chi connectivity index (χ0v) is 18.3. The van der Waals surface area contributed by atoms with Crippen LogP contribution in [-0.4, -0.2) is 26.7 Å². The van der Waals surface area contributed by atoms with Crippen LogP contribution in [0, 0.1) is 13.8 Å². The van der Waals surface area contributed by atoms with E-state index in [-0.39, 0.29) is 11.4 Å². The molecule has 0 amide bonds. The minimum Gasteiger partial charge on any atom is -0.494 e. The summed E-state index contributed by atoms with van der Waals surface area (Å²) in [4.78, 5) is 22.9. The molecule has 0 saturated heterocycles. The smallest absolute Gasteiger partial charge is 0.285 e. The van der Waals surface area contributed by atoms with E-state index in [1.807, 2.05) is 56.3 Å². The lowest BCUT2D eigenvalue weighted by Gasteiger charge is -2.04. The van der Waals surface area contributed by atoms with Crippen LogP contribution in [-0.2, 0) is 0 Å². The third-order valence-corrected chi connectivity index (χ3v) is 5.60. The molecule has 0 spiro atoms. The molecule has 3 heterocycles. The van der Waals surface area contributed by atoms with Crippen LogP contribution in [0.15, 0.2) is 58.3 Å². The van der Waals surface area contributed by atoms with Gasteiger partial charge in [0.1, 0.15) is 11.3 Å². The van der Waals surface area contributed by atoms with Crippen LogP contribution in [0.2, 0.25) is 0 Å². The van der Waals surface area contributed by atoms with Crippen molar-refractivity contribution >= 4 is 22.3 Å². The molecule has 160 valence electrons. The van der Waals surface area contributed by atoms with Crippen molar-refractivity contribution in [1.82, 2.24) is 19.6 Å². The van der Waals surface area contributed by atoms with Gasteiger partial charge in [-0.15, -0.1) is 0 Å². The Kier molecular flexibility index (Phi) is 4.48. The Hall–Kier alpha value is -4.13. The Morgan fingerprint density at radius 3 is 2.53 bits per heavy atom. The number of nitrogens with one attached hydrogen (secondary N) is 1. The van der Waals surface area contributed by atoms with Gasteiger partial charge in [0, 0.05) is 16.8 Å². The van der Waals surface area contributed by atoms with Crippen LogP contribution in [0.4, 0.5) is 0 Å². The lowest BCUT2D eigenvalue weighted by molar-refractivity contribution is 0.419. The first-order valence-electron chi connectivity index (χ1n) is 10.2. The number of oxazole rings is 1. The van der Waals surface area contributed by atoms with Gasteiger partial charge in [0.05, 0.1) is 12.8 Å². The van der Waals surface area contributed by atoms with Crippen LogP contribution in [0.3, 0.4) is 0 Å². The molecule has 0 aliphatic heterocycles. The van der Waals surface area contributed by atoms with Gasteiger partial charge in [-0.25, -0.2) is 14.5 Å². The second-order valence-corrected chi connectivity index (χ2v) is 7.81. The summed E-state index contributed by atoms with van der Waals surface area (Å²) in [6.45, 7) is 9.63. The fourth-order valence-corrected chi connectivity index (χ4v) is 4.08. The molecule has 7 nitrogen and oxygen atoms in total. The van der Waals surface area contributed by atoms with E-state index in [1.165, 1.54) is 4.52 Å². The molecule has 32 heavy (non-hydrogen) atoms. The summed E-state index contributed by atoms with van der Waals surface area (Å²) < 4.78 is 13.0. The average molecular weight is 426 g/mol. The highest BCUT2D eigenvalue weighted by Gasteiger charge is 2.23. The van der Waals surface area contributed by atoms with Crippen molar-refractivity contribution in [2.75, 3.05) is 7.11 Å². The minimum absolute atomic E-state index is 0.199. The maximum absolute atomic E-state index is 13.5. The van der Waals surface area contributed by atoms with Crippen LogP contribution >= 0.6 is 0 Å². The Bertz CT molecular complexity index is 1570. The molecule has 0 radical (unpaired) electrons. The van der Waals surface area contributed by atoms with E-state index in [4.69, 9.17) is 14.1 Å². The van der Waals surface area contributed by atoms with Gasteiger partial charge in [-0.1, -0.05) is 36.9 Å². The van der Waals surface area contributed by atoms with E-state index in [9.17, 15) is 4.79 Å². The molecule has 0 aliphatic carbocycles. The van der Waals surface area contributed by atoms with E-state index in [1.54, 1.807) is 14.0 Å². The van der Waals surface area contributed by atoms with E-state index >= 15 is 0 Å². The van der Waals surface area contributed by atoms with Gasteiger partial charge in [-0.2, -0.15) is 0 Å². The third kappa shape index (κ3) is 2.85. The number of fused-ring (bicyclic) bond motifs is 2. The number of nitrogens with zero attached hydrogens (tertiary/aromatic N) is 3. The van der Waals surface area contributed by atoms with Gasteiger partial charge in [-0.05, 0) is 44.0 Å². The maximum atomic E-state index is 13.5. The molecule has 0 aliphatic rings. The number of hydrogen-bond donors (Lipinski definition) is 1. The Morgan fingerprint density at radius 1 is 1.09 bits per heavy atom. The van der Waals surface area contributed by atoms with Crippen molar-refractivity contribution in [3.63, 3.8) is 0 Å². The number of methoxy groups -OCH3 is 1. The van der Waals surface area contributed by atoms with Crippen molar-refractivity contribution < 1.29 is 9.15 Å². The van der Waals surface area contributed by atoms with Crippen molar-refractivity contribution in [3.8, 4) is 28.3 Å². The van der Waals surface area contributed by atoms with Gasteiger partial charge < -0.3 is 9.15 Å². The fourth-order valence-electron chi connectivity index (χ4n) is 4.08. The number of aromatic amines is 1. The second kappa shape index (κ2) is 7.23. The Balaban J connectivity index is 1.79. The molecule has 0 fully saturated rings. The number of benzene rings is 2. The van der Waals surface area contributed by atoms with Crippen LogP contribution < -0.4 is 10.3 Å². The number of hydrogen-bond acceptors (Lipinski definition) is 5. The Morgan fingerprint density at radius 2 is 1.84 bits per heavy atom. The summed E-state index contributed by atoms with van der Waals surface area (Å²) in [5, 5.41) is 3.15. The highest BCUT2D eigenvalue weighted by atomic mass is 16.5. The quantitative estimate of drug-likeness (QED) is 0.429. The van der Waals surface area contributed by atoms with Gasteiger partial charge in [0.2, 0.25) is 5.89 Å². The Labute approximate surface area is 184 Å². The zero-order chi connectivity index (χ0) is 22.6. The van der Waals surface area contributed by atoms with Crippen molar-refractivity contribution in [3.05, 3.63) is 76.3 Å². The zero-order valence-electron chi connectivity index (χ0n) is 18.3. The predicted molar refractivity (Wildman–Crippen MR) is 125 cm³/mol. The van der Waals surface area contributed by atoms with Gasteiger partial charge in [0.15, 0.2) is 16.7 Å². The third-order valence-electron chi connectivity index (χ3n) is 5.60. The monoisotopic (exact) mass is 426 g/mol. The highest BCUT2D eigenvalue weighted by Crippen LogP contribution is 2.35. The summed E-state index contributed by atoms with van der Waals surface area (Å²) in [7, 11) is 1.57. The summed E-state index contributed by atoms with van der Waals surface area (Å²) in [6, 6.07) is 13.6. The van der Waals surface area contributed by atoms with Crippen LogP contribution in [0.25, 0.3) is 44.9 Å². The highest BCUT2D eigenvalue weighted by molar-refractivity contribution is 5.92. The van der Waals surface area contributed by atoms with Crippen molar-refractivity contribution in [2.24, 2.45) is 0 Å². The molecule has 0 atom stereocenters. The molecule has 3 aromatic heterocycles. The van der Waals surface area contributed by atoms with Crippen LogP contribution in [0.1, 0.15) is 23.9 Å². The van der Waals surface area contributed by atoms with Crippen molar-refractivity contribution in [1.29, 1.82) is 0 Å². The summed E-state index contributed by atoms with van der Waals surface area (Å²) in [5.41, 5.74) is 6.56. The van der Waals surface area contributed by atoms with Gasteiger partial charge in [-0.3, -0.25) is 9.89 Å². The molecule has 5 aromatic rings. The molecule has 1 N–H and O–H groups in total. The first-order valence-corrected chi connectivity index (χ1v) is 10.2. The maximum Gasteiger partial charge on any atom is 0.285 e. The number of H-pyrrole nitrogens is 1. The second-order valence-electron chi connectivity index (χ2n) is 7.81. The fraction of sp³-hybridized carbons (Fsp3) is 0.160. The minimum atomic E-state index is -0.278. The lowest BCUT2D eigenvalue weighted by atomic mass is 10.1. The molecular formula is C25H22N4O3. The molecule has 0 unspecified atom stereocenters. The summed E-state index contributed by atoms with van der Waals surface area (Å²) >= 11 is 0. The van der Waals surface area contributed by atoms with Gasteiger partial charge >= 0.3 is 0 Å². The summed E-state index contributed by atoms with van der Waals surface area (Å²) in [5.74, 6) is 0.763. The first-order chi connectivity index (χ1) is 15.4. The largest absolute Gasteiger partial charge is 0.494 e. The number of aryl methyl sites for hydroxylation is 2. The molecule has 5 rings (SSSR count). The molecule has 0 bridgehead atoms. The molecule has 0 saturated carbocycles. The summed E-state index contributed by atoms with van der Waals surface area (Å²) in [6.07, 6.45) is 0. The van der Waals surface area contributed by atoms with E-state index < -0.39 is 0 Å².